The number of ether oxygens (including phenoxy) is 1. The quantitative estimate of drug-likeness (QED) is 0.304. The van der Waals surface area contributed by atoms with Gasteiger partial charge in [-0.3, -0.25) is 0 Å². The van der Waals surface area contributed by atoms with E-state index in [1.165, 1.54) is 5.56 Å². The van der Waals surface area contributed by atoms with E-state index < -0.39 is 0 Å². The lowest BCUT2D eigenvalue weighted by atomic mass is 10.2. The van der Waals surface area contributed by atoms with Crippen LogP contribution in [0, 0.1) is 0 Å². The fraction of sp³-hybridized carbons (Fsp3) is 0.444. The third kappa shape index (κ3) is 7.13. The molecular formula is C18H26BrIN4OS. The fourth-order valence-electron chi connectivity index (χ4n) is 2.23. The Labute approximate surface area is 185 Å². The number of benzene rings is 1. The van der Waals surface area contributed by atoms with Crippen molar-refractivity contribution in [1.82, 2.24) is 15.2 Å². The summed E-state index contributed by atoms with van der Waals surface area (Å²) in [4.78, 5) is 11.5. The van der Waals surface area contributed by atoms with E-state index in [9.17, 15) is 0 Å². The summed E-state index contributed by atoms with van der Waals surface area (Å²) in [5.74, 6) is 0.875. The molecule has 0 radical (unpaired) electrons. The predicted molar refractivity (Wildman–Crippen MR) is 123 cm³/mol. The number of nitrogens with one attached hydrogen (secondary N) is 1. The van der Waals surface area contributed by atoms with E-state index in [4.69, 9.17) is 9.73 Å². The molecule has 1 atom stereocenters. The van der Waals surface area contributed by atoms with Crippen molar-refractivity contribution in [2.45, 2.75) is 33.0 Å². The number of aliphatic imine (C=N–C) groups is 1. The minimum atomic E-state index is 0. The Morgan fingerprint density at radius 3 is 2.69 bits per heavy atom. The maximum absolute atomic E-state index is 5.33. The Hall–Kier alpha value is -0.710. The molecule has 1 N–H and O–H groups in total. The maximum atomic E-state index is 5.33. The number of hydrogen-bond donors (Lipinski definition) is 1. The van der Waals surface area contributed by atoms with Gasteiger partial charge in [-0.05, 0) is 31.5 Å². The second-order valence-corrected chi connectivity index (χ2v) is 7.51. The summed E-state index contributed by atoms with van der Waals surface area (Å²) >= 11 is 5.09. The van der Waals surface area contributed by atoms with Gasteiger partial charge in [-0.1, -0.05) is 28.1 Å². The highest BCUT2D eigenvalue weighted by molar-refractivity contribution is 14.0. The van der Waals surface area contributed by atoms with Crippen molar-refractivity contribution in [3.63, 3.8) is 0 Å². The summed E-state index contributed by atoms with van der Waals surface area (Å²) in [6.07, 6.45) is 0.0309. The zero-order valence-electron chi connectivity index (χ0n) is 15.5. The predicted octanol–water partition coefficient (Wildman–Crippen LogP) is 4.83. The Morgan fingerprint density at radius 2 is 2.08 bits per heavy atom. The molecule has 2 rings (SSSR count). The third-order valence-electron chi connectivity index (χ3n) is 3.69. The first-order chi connectivity index (χ1) is 12.0. The van der Waals surface area contributed by atoms with Gasteiger partial charge in [0, 0.05) is 30.6 Å². The maximum Gasteiger partial charge on any atom is 0.194 e. The molecule has 5 nitrogen and oxygen atoms in total. The van der Waals surface area contributed by atoms with Crippen LogP contribution in [0.2, 0.25) is 0 Å². The minimum absolute atomic E-state index is 0. The number of hydrogen-bond acceptors (Lipinski definition) is 4. The number of rotatable bonds is 7. The Balaban J connectivity index is 0.00000338. The van der Waals surface area contributed by atoms with Gasteiger partial charge in [0.1, 0.15) is 11.1 Å². The van der Waals surface area contributed by atoms with E-state index in [0.717, 1.165) is 27.7 Å². The summed E-state index contributed by atoms with van der Waals surface area (Å²) < 4.78 is 6.41. The van der Waals surface area contributed by atoms with Crippen LogP contribution in [0.4, 0.5) is 0 Å². The first kappa shape index (κ1) is 23.3. The standard InChI is InChI=1S/C18H25BrN4OS.HI/c1-5-20-18(21-10-14-6-8-15(19)9-7-14)23(3)11-16-12-25-17(22-16)13(2)24-4;/h6-9,12-13H,5,10-11H2,1-4H3,(H,20,21);1H. The van der Waals surface area contributed by atoms with E-state index in [1.54, 1.807) is 18.4 Å². The molecule has 8 heteroatoms. The Morgan fingerprint density at radius 1 is 1.38 bits per heavy atom. The average molecular weight is 553 g/mol. The minimum Gasteiger partial charge on any atom is -0.375 e. The molecule has 2 aromatic rings. The van der Waals surface area contributed by atoms with Gasteiger partial charge in [0.05, 0.1) is 18.8 Å². The zero-order chi connectivity index (χ0) is 18.2. The molecule has 26 heavy (non-hydrogen) atoms. The molecule has 1 unspecified atom stereocenters. The highest BCUT2D eigenvalue weighted by Crippen LogP contribution is 2.21. The van der Waals surface area contributed by atoms with Crippen molar-refractivity contribution in [2.24, 2.45) is 4.99 Å². The molecule has 0 saturated heterocycles. The normalized spacial score (nSPS) is 12.4. The molecular weight excluding hydrogens is 527 g/mol. The van der Waals surface area contributed by atoms with Crippen LogP contribution in [0.1, 0.15) is 36.2 Å². The van der Waals surface area contributed by atoms with Crippen molar-refractivity contribution in [3.8, 4) is 0 Å². The lowest BCUT2D eigenvalue weighted by molar-refractivity contribution is 0.119. The molecule has 144 valence electrons. The van der Waals surface area contributed by atoms with Crippen molar-refractivity contribution >= 4 is 57.2 Å². The van der Waals surface area contributed by atoms with Gasteiger partial charge < -0.3 is 15.0 Å². The van der Waals surface area contributed by atoms with E-state index in [0.29, 0.717) is 13.1 Å². The van der Waals surface area contributed by atoms with Crippen LogP contribution in [-0.2, 0) is 17.8 Å². The zero-order valence-corrected chi connectivity index (χ0v) is 20.3. The van der Waals surface area contributed by atoms with Crippen LogP contribution in [-0.4, -0.2) is 36.5 Å². The molecule has 0 amide bonds. The molecule has 0 saturated carbocycles. The SMILES string of the molecule is CCNC(=NCc1ccc(Br)cc1)N(C)Cc1csc(C(C)OC)n1.I. The van der Waals surface area contributed by atoms with E-state index >= 15 is 0 Å². The van der Waals surface area contributed by atoms with Crippen molar-refractivity contribution in [1.29, 1.82) is 0 Å². The molecule has 0 aliphatic carbocycles. The Kier molecular flexibility index (Phi) is 10.7. The second kappa shape index (κ2) is 11.9. The highest BCUT2D eigenvalue weighted by Gasteiger charge is 2.12. The average Bonchev–Trinajstić information content (AvgIpc) is 3.07. The van der Waals surface area contributed by atoms with Crippen molar-refractivity contribution in [2.75, 3.05) is 20.7 Å². The second-order valence-electron chi connectivity index (χ2n) is 5.71. The topological polar surface area (TPSA) is 49.8 Å². The van der Waals surface area contributed by atoms with E-state index in [1.807, 2.05) is 26.1 Å². The first-order valence-electron chi connectivity index (χ1n) is 8.24. The van der Waals surface area contributed by atoms with Gasteiger partial charge in [-0.25, -0.2) is 9.98 Å². The van der Waals surface area contributed by atoms with Gasteiger partial charge in [0.15, 0.2) is 5.96 Å². The molecule has 0 spiro atoms. The summed E-state index contributed by atoms with van der Waals surface area (Å²) in [5.41, 5.74) is 2.21. The summed E-state index contributed by atoms with van der Waals surface area (Å²) in [7, 11) is 3.73. The van der Waals surface area contributed by atoms with Crippen LogP contribution in [0.25, 0.3) is 0 Å². The van der Waals surface area contributed by atoms with E-state index in [2.05, 4.69) is 55.6 Å². The fourth-order valence-corrected chi connectivity index (χ4v) is 3.33. The van der Waals surface area contributed by atoms with Gasteiger partial charge in [0.25, 0.3) is 0 Å². The number of thiazole rings is 1. The molecule has 1 aromatic carbocycles. The summed E-state index contributed by atoms with van der Waals surface area (Å²) in [5, 5.41) is 6.43. The number of guanidine groups is 1. The lowest BCUT2D eigenvalue weighted by Gasteiger charge is -2.21. The number of nitrogens with zero attached hydrogens (tertiary/aromatic N) is 3. The molecule has 1 heterocycles. The number of methoxy groups -OCH3 is 1. The Bertz CT molecular complexity index is 693. The third-order valence-corrected chi connectivity index (χ3v) is 5.27. The van der Waals surface area contributed by atoms with Gasteiger partial charge >= 0.3 is 0 Å². The monoisotopic (exact) mass is 552 g/mol. The summed E-state index contributed by atoms with van der Waals surface area (Å²) in [6, 6.07) is 8.23. The number of aromatic nitrogens is 1. The van der Waals surface area contributed by atoms with Crippen LogP contribution in [0.5, 0.6) is 0 Å². The summed E-state index contributed by atoms with van der Waals surface area (Å²) in [6.45, 7) is 6.26. The van der Waals surface area contributed by atoms with E-state index in [-0.39, 0.29) is 30.1 Å². The van der Waals surface area contributed by atoms with Crippen molar-refractivity contribution < 1.29 is 4.74 Å². The molecule has 1 aromatic heterocycles. The molecule has 0 fully saturated rings. The van der Waals surface area contributed by atoms with Crippen LogP contribution < -0.4 is 5.32 Å². The molecule has 0 aliphatic heterocycles. The van der Waals surface area contributed by atoms with Crippen LogP contribution in [0.3, 0.4) is 0 Å². The molecule has 0 aliphatic rings. The highest BCUT2D eigenvalue weighted by atomic mass is 127. The number of halogens is 2. The van der Waals surface area contributed by atoms with Crippen LogP contribution in [0.15, 0.2) is 39.1 Å². The van der Waals surface area contributed by atoms with Crippen LogP contribution >= 0.6 is 51.2 Å². The lowest BCUT2D eigenvalue weighted by Crippen LogP contribution is -2.38. The van der Waals surface area contributed by atoms with Crippen molar-refractivity contribution in [3.05, 3.63) is 50.4 Å². The smallest absolute Gasteiger partial charge is 0.194 e. The molecule has 0 bridgehead atoms. The van der Waals surface area contributed by atoms with Gasteiger partial charge in [0.2, 0.25) is 0 Å². The largest absolute Gasteiger partial charge is 0.375 e. The van der Waals surface area contributed by atoms with Gasteiger partial charge in [-0.15, -0.1) is 35.3 Å². The van der Waals surface area contributed by atoms with Gasteiger partial charge in [-0.2, -0.15) is 0 Å². The first-order valence-corrected chi connectivity index (χ1v) is 9.91.